The van der Waals surface area contributed by atoms with Crippen LogP contribution >= 0.6 is 0 Å². The summed E-state index contributed by atoms with van der Waals surface area (Å²) in [6.45, 7) is 10.6. The van der Waals surface area contributed by atoms with Gasteiger partial charge >= 0.3 is 17.6 Å². The lowest BCUT2D eigenvalue weighted by Gasteiger charge is -2.52. The zero-order chi connectivity index (χ0) is 22.9. The summed E-state index contributed by atoms with van der Waals surface area (Å²) in [5.41, 5.74) is -0.158. The van der Waals surface area contributed by atoms with Crippen molar-refractivity contribution < 1.29 is 26.6 Å². The van der Waals surface area contributed by atoms with E-state index in [4.69, 9.17) is 26.6 Å². The lowest BCUT2D eigenvalue weighted by molar-refractivity contribution is -0.0413. The number of nitrogens with zero attached hydrogens (tertiary/aromatic N) is 3. The van der Waals surface area contributed by atoms with Crippen molar-refractivity contribution in [3.8, 4) is 0 Å². The second-order valence-corrected chi connectivity index (χ2v) is 13.9. The van der Waals surface area contributed by atoms with E-state index in [0.717, 1.165) is 39.0 Å². The van der Waals surface area contributed by atoms with E-state index in [1.165, 1.54) is 0 Å². The van der Waals surface area contributed by atoms with Crippen molar-refractivity contribution in [2.75, 3.05) is 75.9 Å². The fourth-order valence-corrected chi connectivity index (χ4v) is 10.0. The third-order valence-electron chi connectivity index (χ3n) is 6.51. The van der Waals surface area contributed by atoms with E-state index in [-0.39, 0.29) is 17.5 Å². The van der Waals surface area contributed by atoms with Gasteiger partial charge in [-0.2, -0.15) is 0 Å². The molecule has 3 atom stereocenters. The van der Waals surface area contributed by atoms with E-state index in [1.54, 1.807) is 42.7 Å². The van der Waals surface area contributed by atoms with Crippen LogP contribution in [0.4, 0.5) is 0 Å². The maximum absolute atomic E-state index is 5.95. The first-order valence-corrected chi connectivity index (χ1v) is 14.4. The van der Waals surface area contributed by atoms with Crippen LogP contribution in [0, 0.1) is 0 Å². The summed E-state index contributed by atoms with van der Waals surface area (Å²) in [5, 5.41) is 0. The molecular weight excluding hydrogens is 422 g/mol. The first kappa shape index (κ1) is 28.1. The molecule has 1 saturated heterocycles. The Morgan fingerprint density at radius 1 is 0.700 bits per heavy atom. The smallest absolute Gasteiger partial charge is 0.376 e. The molecule has 1 rings (SSSR count). The van der Waals surface area contributed by atoms with Crippen molar-refractivity contribution in [2.45, 2.75) is 51.1 Å². The first-order valence-electron chi connectivity index (χ1n) is 10.8. The van der Waals surface area contributed by atoms with Crippen LogP contribution in [0.15, 0.2) is 0 Å². The Hall–Kier alpha value is 0.0738. The van der Waals surface area contributed by atoms with Gasteiger partial charge in [0.05, 0.1) is 17.5 Å². The molecule has 0 radical (unpaired) electrons. The predicted octanol–water partition coefficient (Wildman–Crippen LogP) is 1.27. The minimum atomic E-state index is -3.00. The number of rotatable bonds is 14. The summed E-state index contributed by atoms with van der Waals surface area (Å²) >= 11 is 0. The molecule has 0 N–H and O–H groups in total. The largest absolute Gasteiger partial charge is 0.518 e. The molecule has 3 unspecified atom stereocenters. The van der Waals surface area contributed by atoms with E-state index in [0.29, 0.717) is 0 Å². The minimum Gasteiger partial charge on any atom is -0.376 e. The van der Waals surface area contributed by atoms with Crippen molar-refractivity contribution in [2.24, 2.45) is 0 Å². The van der Waals surface area contributed by atoms with Crippen LogP contribution in [0.25, 0.3) is 0 Å². The molecule has 1 aliphatic rings. The van der Waals surface area contributed by atoms with Gasteiger partial charge in [-0.25, -0.2) is 0 Å². The minimum absolute atomic E-state index is 0.0792. The highest BCUT2D eigenvalue weighted by molar-refractivity contribution is 6.64. The normalized spacial score (nSPS) is 20.5. The highest BCUT2D eigenvalue weighted by atomic mass is 28.4. The quantitative estimate of drug-likeness (QED) is 0.351. The van der Waals surface area contributed by atoms with Gasteiger partial charge < -0.3 is 31.5 Å². The maximum Gasteiger partial charge on any atom is 0.518 e. The molecule has 0 aromatic rings. The molecular formula is C19H45N3O6Si2. The third kappa shape index (κ3) is 5.70. The average Bonchev–Trinajstić information content (AvgIpc) is 2.79. The maximum atomic E-state index is 5.95. The molecule has 9 nitrogen and oxygen atoms in total. The van der Waals surface area contributed by atoms with E-state index >= 15 is 0 Å². The second-order valence-electron chi connectivity index (χ2n) is 7.70. The zero-order valence-corrected chi connectivity index (χ0v) is 22.8. The van der Waals surface area contributed by atoms with Crippen molar-refractivity contribution >= 4 is 17.6 Å². The Morgan fingerprint density at radius 2 is 1.03 bits per heavy atom. The molecule has 11 heteroatoms. The number of hydrogen-bond donors (Lipinski definition) is 0. The molecule has 0 aromatic carbocycles. The molecule has 30 heavy (non-hydrogen) atoms. The van der Waals surface area contributed by atoms with Crippen LogP contribution in [0.1, 0.15) is 33.6 Å². The van der Waals surface area contributed by atoms with Gasteiger partial charge in [-0.05, 0) is 26.8 Å². The lowest BCUT2D eigenvalue weighted by Crippen LogP contribution is -2.73. The van der Waals surface area contributed by atoms with Gasteiger partial charge in [0, 0.05) is 68.8 Å². The topological polar surface area (TPSA) is 65.1 Å². The number of likely N-dealkylation sites (N-methyl/N-ethyl adjacent to an activating group) is 1. The molecule has 0 bridgehead atoms. The monoisotopic (exact) mass is 467 g/mol. The van der Waals surface area contributed by atoms with E-state index in [2.05, 4.69) is 42.5 Å². The molecule has 180 valence electrons. The van der Waals surface area contributed by atoms with E-state index in [9.17, 15) is 0 Å². The second kappa shape index (κ2) is 12.9. The van der Waals surface area contributed by atoms with Crippen LogP contribution in [0.3, 0.4) is 0 Å². The summed E-state index contributed by atoms with van der Waals surface area (Å²) in [5.74, 6) is 0. The van der Waals surface area contributed by atoms with Gasteiger partial charge in [0.1, 0.15) is 0 Å². The zero-order valence-electron chi connectivity index (χ0n) is 20.8. The summed E-state index contributed by atoms with van der Waals surface area (Å²) in [7, 11) is 6.22. The molecule has 0 saturated carbocycles. The van der Waals surface area contributed by atoms with Crippen molar-refractivity contribution in [3.63, 3.8) is 0 Å². The summed E-state index contributed by atoms with van der Waals surface area (Å²) in [4.78, 5) is 7.31. The third-order valence-corrected chi connectivity index (χ3v) is 13.0. The van der Waals surface area contributed by atoms with Crippen LogP contribution in [0.2, 0.25) is 0 Å². The molecule has 0 aromatic heterocycles. The van der Waals surface area contributed by atoms with Crippen molar-refractivity contribution in [3.05, 3.63) is 0 Å². The fraction of sp³-hybridized carbons (Fsp3) is 1.00. The van der Waals surface area contributed by atoms with Gasteiger partial charge in [-0.1, -0.05) is 13.8 Å². The Bertz CT molecular complexity index is 433. The average molecular weight is 468 g/mol. The van der Waals surface area contributed by atoms with E-state index < -0.39 is 17.6 Å². The molecule has 0 amide bonds. The highest BCUT2D eigenvalue weighted by Gasteiger charge is 2.59. The first-order chi connectivity index (χ1) is 14.3. The van der Waals surface area contributed by atoms with Crippen molar-refractivity contribution in [1.82, 2.24) is 14.7 Å². The summed E-state index contributed by atoms with van der Waals surface area (Å²) in [6.07, 6.45) is 1.71. The lowest BCUT2D eigenvalue weighted by atomic mass is 10.2. The molecule has 0 aliphatic carbocycles. The van der Waals surface area contributed by atoms with Crippen LogP contribution in [-0.4, -0.2) is 126 Å². The Kier molecular flexibility index (Phi) is 12.1. The molecule has 1 aliphatic heterocycles. The van der Waals surface area contributed by atoms with Crippen LogP contribution in [0.5, 0.6) is 0 Å². The van der Waals surface area contributed by atoms with Crippen molar-refractivity contribution in [1.29, 1.82) is 0 Å². The highest BCUT2D eigenvalue weighted by Crippen LogP contribution is 2.32. The van der Waals surface area contributed by atoms with Gasteiger partial charge in [-0.3, -0.25) is 9.80 Å². The number of hydrogen-bond acceptors (Lipinski definition) is 9. The molecule has 1 fully saturated rings. The fourth-order valence-electron chi connectivity index (χ4n) is 4.73. The molecule has 1 heterocycles. The van der Waals surface area contributed by atoms with Gasteiger partial charge in [-0.15, -0.1) is 0 Å². The van der Waals surface area contributed by atoms with E-state index in [1.807, 2.05) is 0 Å². The van der Waals surface area contributed by atoms with Gasteiger partial charge in [0.2, 0.25) is 0 Å². The standard InChI is InChI=1S/C19H45N3O6Si2/c1-11-18(29(23-5,24-6)25-7)22(17(3)21-15-13-20(4)14-16-21)19(12-2)30(26-8,27-9)28-10/h17-19H,11-16H2,1-10H3. The molecule has 0 spiro atoms. The Balaban J connectivity index is 3.52. The summed E-state index contributed by atoms with van der Waals surface area (Å²) < 4.78 is 35.7. The summed E-state index contributed by atoms with van der Waals surface area (Å²) in [6, 6.07) is 0. The van der Waals surface area contributed by atoms with Crippen LogP contribution in [-0.2, 0) is 26.6 Å². The Morgan fingerprint density at radius 3 is 1.30 bits per heavy atom. The SMILES string of the molecule is CCC(N(C(C)N1CCN(C)CC1)C(CC)[Si](OC)(OC)OC)[Si](OC)(OC)OC. The van der Waals surface area contributed by atoms with Gasteiger partial charge in [0.25, 0.3) is 0 Å². The van der Waals surface area contributed by atoms with Crippen LogP contribution < -0.4 is 0 Å². The van der Waals surface area contributed by atoms with Gasteiger partial charge in [0.15, 0.2) is 0 Å². The predicted molar refractivity (Wildman–Crippen MR) is 122 cm³/mol. The number of piperazine rings is 1. The Labute approximate surface area is 186 Å².